The van der Waals surface area contributed by atoms with Crippen molar-refractivity contribution in [2.24, 2.45) is 33.5 Å². The lowest BCUT2D eigenvalue weighted by molar-refractivity contribution is -0.182. The standard InChI is InChI=1S/C20H30O3/c1-17-9-5-14-18(2)7-4-8-19(3,16(22)23)13(18)6-10-20(14,12-17)11-15(17)21/h13-14H,4-12H2,1-3H3,(H,22,23)/t13-,14-,17-,18-,19-,20-/m0/s1. The van der Waals surface area contributed by atoms with Crippen molar-refractivity contribution in [2.75, 3.05) is 0 Å². The molecule has 0 radical (unpaired) electrons. The molecule has 4 rings (SSSR count). The molecule has 1 N–H and O–H groups in total. The second kappa shape index (κ2) is 4.40. The first-order chi connectivity index (χ1) is 10.7. The highest BCUT2D eigenvalue weighted by Crippen LogP contribution is 2.72. The zero-order valence-corrected chi connectivity index (χ0v) is 14.8. The minimum absolute atomic E-state index is 0.0789. The van der Waals surface area contributed by atoms with Gasteiger partial charge in [-0.1, -0.05) is 20.3 Å². The van der Waals surface area contributed by atoms with E-state index in [4.69, 9.17) is 0 Å². The normalized spacial score (nSPS) is 55.2. The van der Waals surface area contributed by atoms with Crippen LogP contribution in [0.1, 0.15) is 78.6 Å². The Labute approximate surface area is 139 Å². The highest BCUT2D eigenvalue weighted by Gasteiger charge is 2.68. The third-order valence-electron chi connectivity index (χ3n) is 8.84. The Morgan fingerprint density at radius 3 is 2.43 bits per heavy atom. The molecular formula is C20H30O3. The number of rotatable bonds is 1. The van der Waals surface area contributed by atoms with Gasteiger partial charge in [0.1, 0.15) is 5.78 Å². The largest absolute Gasteiger partial charge is 0.481 e. The van der Waals surface area contributed by atoms with Crippen molar-refractivity contribution >= 4 is 11.8 Å². The van der Waals surface area contributed by atoms with Crippen LogP contribution in [0.25, 0.3) is 0 Å². The molecule has 3 heteroatoms. The van der Waals surface area contributed by atoms with Crippen LogP contribution < -0.4 is 0 Å². The summed E-state index contributed by atoms with van der Waals surface area (Å²) in [7, 11) is 0. The smallest absolute Gasteiger partial charge is 0.309 e. The number of carbonyl (C=O) groups excluding carboxylic acids is 1. The van der Waals surface area contributed by atoms with Crippen molar-refractivity contribution in [1.29, 1.82) is 0 Å². The number of carboxylic acid groups (broad SMARTS) is 1. The van der Waals surface area contributed by atoms with Gasteiger partial charge < -0.3 is 5.11 Å². The van der Waals surface area contributed by atoms with Crippen LogP contribution in [-0.4, -0.2) is 16.9 Å². The molecular weight excluding hydrogens is 288 g/mol. The molecule has 4 aliphatic rings. The molecule has 0 saturated heterocycles. The van der Waals surface area contributed by atoms with E-state index in [2.05, 4.69) is 13.8 Å². The quantitative estimate of drug-likeness (QED) is 0.777. The number of aliphatic carboxylic acids is 1. The van der Waals surface area contributed by atoms with Crippen molar-refractivity contribution < 1.29 is 14.7 Å². The molecule has 4 aliphatic carbocycles. The molecule has 0 unspecified atom stereocenters. The van der Waals surface area contributed by atoms with Crippen molar-refractivity contribution in [2.45, 2.75) is 78.6 Å². The highest BCUT2D eigenvalue weighted by molar-refractivity contribution is 5.88. The van der Waals surface area contributed by atoms with Crippen molar-refractivity contribution in [3.05, 3.63) is 0 Å². The summed E-state index contributed by atoms with van der Waals surface area (Å²) in [6.45, 7) is 6.54. The van der Waals surface area contributed by atoms with Crippen LogP contribution >= 0.6 is 0 Å². The average molecular weight is 318 g/mol. The summed E-state index contributed by atoms with van der Waals surface area (Å²) >= 11 is 0. The minimum Gasteiger partial charge on any atom is -0.481 e. The average Bonchev–Trinajstić information content (AvgIpc) is 2.63. The molecule has 0 aromatic carbocycles. The van der Waals surface area contributed by atoms with Gasteiger partial charge in [-0.05, 0) is 74.5 Å². The number of carboxylic acids is 1. The van der Waals surface area contributed by atoms with Crippen LogP contribution in [0, 0.1) is 33.5 Å². The van der Waals surface area contributed by atoms with E-state index in [0.29, 0.717) is 11.7 Å². The molecule has 6 atom stereocenters. The van der Waals surface area contributed by atoms with E-state index in [1.54, 1.807) is 0 Å². The van der Waals surface area contributed by atoms with Crippen LogP contribution in [0.3, 0.4) is 0 Å². The fourth-order valence-corrected chi connectivity index (χ4v) is 7.76. The first-order valence-electron chi connectivity index (χ1n) is 9.43. The number of hydrogen-bond acceptors (Lipinski definition) is 2. The van der Waals surface area contributed by atoms with Gasteiger partial charge in [-0.2, -0.15) is 0 Å². The maximum Gasteiger partial charge on any atom is 0.309 e. The molecule has 4 saturated carbocycles. The number of ketones is 1. The first-order valence-corrected chi connectivity index (χ1v) is 9.43. The fourth-order valence-electron chi connectivity index (χ4n) is 7.76. The Balaban J connectivity index is 1.76. The van der Waals surface area contributed by atoms with Crippen LogP contribution in [0.2, 0.25) is 0 Å². The monoisotopic (exact) mass is 318 g/mol. The third-order valence-corrected chi connectivity index (χ3v) is 8.84. The highest BCUT2D eigenvalue weighted by atomic mass is 16.4. The van der Waals surface area contributed by atoms with E-state index < -0.39 is 11.4 Å². The number of fused-ring (bicyclic) bond motifs is 3. The lowest BCUT2D eigenvalue weighted by Crippen LogP contribution is -2.58. The van der Waals surface area contributed by atoms with Crippen LogP contribution in [0.15, 0.2) is 0 Å². The summed E-state index contributed by atoms with van der Waals surface area (Å²) < 4.78 is 0. The van der Waals surface area contributed by atoms with Gasteiger partial charge in [-0.25, -0.2) is 0 Å². The van der Waals surface area contributed by atoms with Crippen molar-refractivity contribution in [3.63, 3.8) is 0 Å². The molecule has 0 aromatic heterocycles. The lowest BCUT2D eigenvalue weighted by atomic mass is 9.40. The Morgan fingerprint density at radius 2 is 1.74 bits per heavy atom. The van der Waals surface area contributed by atoms with Crippen molar-refractivity contribution in [1.82, 2.24) is 0 Å². The number of carbonyl (C=O) groups is 2. The second-order valence-corrected chi connectivity index (χ2v) is 9.96. The Kier molecular flexibility index (Phi) is 3.00. The molecule has 1 spiro atoms. The SMILES string of the molecule is C[C@@]12CC[C@@H]3[C@@](CC[C@H]4[C@]3(C)CCC[C@]4(C)C(=O)O)(CC1=O)C2. The topological polar surface area (TPSA) is 54.4 Å². The fraction of sp³-hybridized carbons (Fsp3) is 0.900. The van der Waals surface area contributed by atoms with Gasteiger partial charge in [0.2, 0.25) is 0 Å². The van der Waals surface area contributed by atoms with E-state index in [-0.39, 0.29) is 22.2 Å². The number of hydrogen-bond donors (Lipinski definition) is 1. The third kappa shape index (κ3) is 1.77. The van der Waals surface area contributed by atoms with E-state index >= 15 is 0 Å². The molecule has 0 aromatic rings. The molecule has 0 aliphatic heterocycles. The second-order valence-electron chi connectivity index (χ2n) is 9.96. The predicted octanol–water partition coefficient (Wildman–Crippen LogP) is 4.44. The zero-order valence-electron chi connectivity index (χ0n) is 14.8. The Morgan fingerprint density at radius 1 is 1.04 bits per heavy atom. The lowest BCUT2D eigenvalue weighted by Gasteiger charge is -2.63. The molecule has 128 valence electrons. The summed E-state index contributed by atoms with van der Waals surface area (Å²) in [6, 6.07) is 0. The van der Waals surface area contributed by atoms with Gasteiger partial charge in [0.25, 0.3) is 0 Å². The van der Waals surface area contributed by atoms with Gasteiger partial charge in [-0.3, -0.25) is 9.59 Å². The van der Waals surface area contributed by atoms with Gasteiger partial charge in [0.05, 0.1) is 5.41 Å². The van der Waals surface area contributed by atoms with E-state index in [0.717, 1.165) is 57.8 Å². The number of Topliss-reactive ketones (excluding diaryl/α,β-unsaturated/α-hetero) is 1. The zero-order chi connectivity index (χ0) is 16.7. The van der Waals surface area contributed by atoms with Gasteiger partial charge >= 0.3 is 5.97 Å². The molecule has 3 nitrogen and oxygen atoms in total. The summed E-state index contributed by atoms with van der Waals surface area (Å²) in [4.78, 5) is 24.7. The first kappa shape index (κ1) is 15.7. The molecule has 0 amide bonds. The predicted molar refractivity (Wildman–Crippen MR) is 87.9 cm³/mol. The van der Waals surface area contributed by atoms with Gasteiger partial charge in [-0.15, -0.1) is 0 Å². The Bertz CT molecular complexity index is 583. The van der Waals surface area contributed by atoms with E-state index in [1.807, 2.05) is 6.92 Å². The maximum atomic E-state index is 12.6. The molecule has 4 fully saturated rings. The van der Waals surface area contributed by atoms with Gasteiger partial charge in [0.15, 0.2) is 0 Å². The van der Waals surface area contributed by atoms with Crippen LogP contribution in [-0.2, 0) is 9.59 Å². The van der Waals surface area contributed by atoms with Crippen molar-refractivity contribution in [3.8, 4) is 0 Å². The van der Waals surface area contributed by atoms with E-state index in [9.17, 15) is 14.7 Å². The van der Waals surface area contributed by atoms with Crippen LogP contribution in [0.4, 0.5) is 0 Å². The summed E-state index contributed by atoms with van der Waals surface area (Å²) in [5, 5.41) is 9.91. The van der Waals surface area contributed by atoms with Crippen LogP contribution in [0.5, 0.6) is 0 Å². The molecule has 0 heterocycles. The summed E-state index contributed by atoms with van der Waals surface area (Å²) in [6.07, 6.45) is 9.04. The van der Waals surface area contributed by atoms with E-state index in [1.165, 1.54) is 0 Å². The summed E-state index contributed by atoms with van der Waals surface area (Å²) in [5.41, 5.74) is -0.357. The Hall–Kier alpha value is -0.860. The van der Waals surface area contributed by atoms with Gasteiger partial charge in [0, 0.05) is 11.8 Å². The summed E-state index contributed by atoms with van der Waals surface area (Å²) in [5.74, 6) is 0.704. The maximum absolute atomic E-state index is 12.6. The minimum atomic E-state index is -0.604. The molecule has 23 heavy (non-hydrogen) atoms. The molecule has 2 bridgehead atoms.